The molecule has 1 saturated heterocycles. The molecule has 1 aliphatic heterocycles. The molecule has 6 nitrogen and oxygen atoms in total. The van der Waals surface area contributed by atoms with Crippen LogP contribution >= 0.6 is 0 Å². The van der Waals surface area contributed by atoms with Crippen molar-refractivity contribution in [2.24, 2.45) is 0 Å². The molecule has 3 N–H and O–H groups in total. The summed E-state index contributed by atoms with van der Waals surface area (Å²) in [4.78, 5) is 25.3. The minimum absolute atomic E-state index is 0.0944. The number of hydrogen-bond donors (Lipinski definition) is 3. The van der Waals surface area contributed by atoms with E-state index in [0.29, 0.717) is 0 Å². The maximum atomic E-state index is 11.9. The van der Waals surface area contributed by atoms with Gasteiger partial charge in [-0.1, -0.05) is 0 Å². The number of likely N-dealkylation sites (N-methyl/N-ethyl adjacent to an activating group) is 1. The van der Waals surface area contributed by atoms with E-state index in [1.165, 1.54) is 0 Å². The first-order valence-corrected chi connectivity index (χ1v) is 6.03. The molecule has 0 saturated carbocycles. The first kappa shape index (κ1) is 13.9. The van der Waals surface area contributed by atoms with Crippen LogP contribution in [-0.4, -0.2) is 62.0 Å². The molecule has 0 aromatic rings. The summed E-state index contributed by atoms with van der Waals surface area (Å²) in [6, 6.07) is -0.679. The number of carbonyl (C=O) groups excluding carboxylic acids is 2. The third-order valence-corrected chi connectivity index (χ3v) is 3.08. The van der Waals surface area contributed by atoms with Crippen molar-refractivity contribution in [2.45, 2.75) is 25.9 Å². The van der Waals surface area contributed by atoms with Gasteiger partial charge in [0.15, 0.2) is 0 Å². The Morgan fingerprint density at radius 2 is 1.76 bits per heavy atom. The Morgan fingerprint density at radius 3 is 2.29 bits per heavy atom. The average Bonchev–Trinajstić information content (AvgIpc) is 2.37. The van der Waals surface area contributed by atoms with Gasteiger partial charge in [-0.15, -0.1) is 0 Å². The number of rotatable bonds is 4. The van der Waals surface area contributed by atoms with Crippen molar-refractivity contribution in [2.75, 3.05) is 33.2 Å². The zero-order valence-electron chi connectivity index (χ0n) is 10.7. The molecule has 1 fully saturated rings. The van der Waals surface area contributed by atoms with Crippen LogP contribution in [0, 0.1) is 0 Å². The predicted octanol–water partition coefficient (Wildman–Crippen LogP) is -1.47. The van der Waals surface area contributed by atoms with Crippen LogP contribution in [0.5, 0.6) is 0 Å². The number of hydrogen-bond acceptors (Lipinski definition) is 4. The Bertz CT molecular complexity index is 277. The SMILES string of the molecule is CNC(=O)C(C)NC(=O)C(C)N1CCNCC1. The lowest BCUT2D eigenvalue weighted by Crippen LogP contribution is -2.55. The summed E-state index contributed by atoms with van der Waals surface area (Å²) in [5, 5.41) is 8.47. The lowest BCUT2D eigenvalue weighted by molar-refractivity contribution is -0.131. The molecule has 1 aliphatic rings. The summed E-state index contributed by atoms with van der Waals surface area (Å²) in [6.45, 7) is 7.09. The largest absolute Gasteiger partial charge is 0.357 e. The molecule has 6 heteroatoms. The number of amides is 2. The van der Waals surface area contributed by atoms with Gasteiger partial charge < -0.3 is 16.0 Å². The van der Waals surface area contributed by atoms with Gasteiger partial charge in [-0.2, -0.15) is 0 Å². The van der Waals surface area contributed by atoms with Gasteiger partial charge in [0.2, 0.25) is 11.8 Å². The molecule has 0 radical (unpaired) electrons. The van der Waals surface area contributed by atoms with Crippen LogP contribution in [0.4, 0.5) is 0 Å². The molecule has 2 unspecified atom stereocenters. The van der Waals surface area contributed by atoms with E-state index in [9.17, 15) is 9.59 Å². The Labute approximate surface area is 102 Å². The highest BCUT2D eigenvalue weighted by Crippen LogP contribution is 2.01. The molecular formula is C11H22N4O2. The molecule has 17 heavy (non-hydrogen) atoms. The van der Waals surface area contributed by atoms with E-state index in [2.05, 4.69) is 20.9 Å². The maximum Gasteiger partial charge on any atom is 0.242 e. The lowest BCUT2D eigenvalue weighted by atomic mass is 10.2. The topological polar surface area (TPSA) is 73.5 Å². The van der Waals surface area contributed by atoms with E-state index in [1.807, 2.05) is 6.92 Å². The maximum absolute atomic E-state index is 11.9. The monoisotopic (exact) mass is 242 g/mol. The fourth-order valence-corrected chi connectivity index (χ4v) is 1.85. The van der Waals surface area contributed by atoms with Gasteiger partial charge in [0.05, 0.1) is 6.04 Å². The van der Waals surface area contributed by atoms with Crippen molar-refractivity contribution in [3.63, 3.8) is 0 Å². The van der Waals surface area contributed by atoms with E-state index >= 15 is 0 Å². The second-order valence-corrected chi connectivity index (χ2v) is 4.31. The van der Waals surface area contributed by atoms with Crippen LogP contribution in [0.25, 0.3) is 0 Å². The third-order valence-electron chi connectivity index (χ3n) is 3.08. The molecule has 0 bridgehead atoms. The fourth-order valence-electron chi connectivity index (χ4n) is 1.85. The highest BCUT2D eigenvalue weighted by Gasteiger charge is 2.24. The van der Waals surface area contributed by atoms with Gasteiger partial charge in [0.25, 0.3) is 0 Å². The highest BCUT2D eigenvalue weighted by molar-refractivity contribution is 5.89. The third kappa shape index (κ3) is 3.98. The summed E-state index contributed by atoms with van der Waals surface area (Å²) < 4.78 is 0. The minimum Gasteiger partial charge on any atom is -0.357 e. The number of nitrogens with one attached hydrogen (secondary N) is 3. The summed E-state index contributed by atoms with van der Waals surface area (Å²) >= 11 is 0. The van der Waals surface area contributed by atoms with Crippen LogP contribution < -0.4 is 16.0 Å². The van der Waals surface area contributed by atoms with Crippen LogP contribution in [0.15, 0.2) is 0 Å². The second kappa shape index (κ2) is 6.56. The fraction of sp³-hybridized carbons (Fsp3) is 0.818. The normalized spacial score (nSPS) is 20.4. The summed E-state index contributed by atoms with van der Waals surface area (Å²) in [7, 11) is 1.56. The molecule has 2 atom stereocenters. The molecule has 1 heterocycles. The Kier molecular flexibility index (Phi) is 5.37. The zero-order chi connectivity index (χ0) is 12.8. The summed E-state index contributed by atoms with van der Waals surface area (Å²) in [5.41, 5.74) is 0. The molecule has 0 aromatic carbocycles. The van der Waals surface area contributed by atoms with Gasteiger partial charge in [-0.05, 0) is 13.8 Å². The van der Waals surface area contributed by atoms with Crippen LogP contribution in [-0.2, 0) is 9.59 Å². The molecule has 2 amide bonds. The predicted molar refractivity (Wildman–Crippen MR) is 65.6 cm³/mol. The van der Waals surface area contributed by atoms with Crippen molar-refractivity contribution in [3.8, 4) is 0 Å². The van der Waals surface area contributed by atoms with E-state index < -0.39 is 6.04 Å². The van der Waals surface area contributed by atoms with Gasteiger partial charge >= 0.3 is 0 Å². The van der Waals surface area contributed by atoms with Crippen LogP contribution in [0.2, 0.25) is 0 Å². The van der Waals surface area contributed by atoms with Gasteiger partial charge in [0, 0.05) is 33.2 Å². The standard InChI is InChI=1S/C11H22N4O2/c1-8(10(16)12-3)14-11(17)9(2)15-6-4-13-5-7-15/h8-9,13H,4-7H2,1-3H3,(H,12,16)(H,14,17). The van der Waals surface area contributed by atoms with Crippen molar-refractivity contribution in [3.05, 3.63) is 0 Å². The van der Waals surface area contributed by atoms with Crippen molar-refractivity contribution < 1.29 is 9.59 Å². The minimum atomic E-state index is -0.488. The number of piperazine rings is 1. The summed E-state index contributed by atoms with van der Waals surface area (Å²) in [6.07, 6.45) is 0. The highest BCUT2D eigenvalue weighted by atomic mass is 16.2. The first-order valence-electron chi connectivity index (χ1n) is 6.03. The molecule has 0 aromatic heterocycles. The van der Waals surface area contributed by atoms with Crippen molar-refractivity contribution >= 4 is 11.8 Å². The van der Waals surface area contributed by atoms with Crippen LogP contribution in [0.3, 0.4) is 0 Å². The Hall–Kier alpha value is -1.14. The molecule has 0 spiro atoms. The van der Waals surface area contributed by atoms with Gasteiger partial charge in [-0.3, -0.25) is 14.5 Å². The molecule has 1 rings (SSSR count). The smallest absolute Gasteiger partial charge is 0.242 e. The quantitative estimate of drug-likeness (QED) is 0.563. The van der Waals surface area contributed by atoms with Gasteiger partial charge in [-0.25, -0.2) is 0 Å². The zero-order valence-corrected chi connectivity index (χ0v) is 10.7. The number of carbonyl (C=O) groups is 2. The lowest BCUT2D eigenvalue weighted by Gasteiger charge is -2.32. The second-order valence-electron chi connectivity index (χ2n) is 4.31. The van der Waals surface area contributed by atoms with E-state index in [-0.39, 0.29) is 17.9 Å². The Balaban J connectivity index is 2.43. The van der Waals surface area contributed by atoms with Crippen molar-refractivity contribution in [1.29, 1.82) is 0 Å². The summed E-state index contributed by atoms with van der Waals surface area (Å²) in [5.74, 6) is -0.270. The van der Waals surface area contributed by atoms with E-state index in [0.717, 1.165) is 26.2 Å². The first-order chi connectivity index (χ1) is 8.06. The van der Waals surface area contributed by atoms with Crippen LogP contribution in [0.1, 0.15) is 13.8 Å². The van der Waals surface area contributed by atoms with Gasteiger partial charge in [0.1, 0.15) is 6.04 Å². The molecule has 0 aliphatic carbocycles. The van der Waals surface area contributed by atoms with E-state index in [4.69, 9.17) is 0 Å². The van der Waals surface area contributed by atoms with E-state index in [1.54, 1.807) is 14.0 Å². The van der Waals surface area contributed by atoms with Crippen molar-refractivity contribution in [1.82, 2.24) is 20.9 Å². The Morgan fingerprint density at radius 1 is 1.18 bits per heavy atom. The average molecular weight is 242 g/mol. The molecular weight excluding hydrogens is 220 g/mol. The molecule has 98 valence electrons. The number of nitrogens with zero attached hydrogens (tertiary/aromatic N) is 1.